The molecule has 1 amide bonds. The topological polar surface area (TPSA) is 56.7 Å². The van der Waals surface area contributed by atoms with Crippen LogP contribution in [-0.2, 0) is 4.79 Å². The van der Waals surface area contributed by atoms with Gasteiger partial charge in [-0.3, -0.25) is 4.79 Å². The summed E-state index contributed by atoms with van der Waals surface area (Å²) in [7, 11) is 3.34. The van der Waals surface area contributed by atoms with Gasteiger partial charge in [0.15, 0.2) is 5.96 Å². The zero-order valence-electron chi connectivity index (χ0n) is 16.6. The summed E-state index contributed by atoms with van der Waals surface area (Å²) in [6.07, 6.45) is 2.17. The molecule has 3 fully saturated rings. The molecular formula is C19H32F3IN4O. The maximum absolute atomic E-state index is 13.1. The van der Waals surface area contributed by atoms with Crippen LogP contribution in [0.15, 0.2) is 4.99 Å². The quantitative estimate of drug-likeness (QED) is 0.342. The molecule has 0 aromatic carbocycles. The van der Waals surface area contributed by atoms with Crippen LogP contribution in [0, 0.1) is 17.8 Å². The number of hydrogen-bond donors (Lipinski definition) is 2. The number of halogens is 4. The molecule has 2 bridgehead atoms. The fourth-order valence-corrected chi connectivity index (χ4v) is 4.83. The van der Waals surface area contributed by atoms with E-state index >= 15 is 0 Å². The summed E-state index contributed by atoms with van der Waals surface area (Å²) in [4.78, 5) is 17.8. The van der Waals surface area contributed by atoms with E-state index in [1.807, 2.05) is 0 Å². The van der Waals surface area contributed by atoms with Gasteiger partial charge in [-0.2, -0.15) is 13.2 Å². The first-order valence-electron chi connectivity index (χ1n) is 10.1. The largest absolute Gasteiger partial charge is 0.391 e. The van der Waals surface area contributed by atoms with Crippen molar-refractivity contribution in [1.82, 2.24) is 15.5 Å². The summed E-state index contributed by atoms with van der Waals surface area (Å²) in [6.45, 7) is -0.00142. The number of amides is 1. The molecule has 0 heterocycles. The van der Waals surface area contributed by atoms with Crippen molar-refractivity contribution in [2.24, 2.45) is 22.7 Å². The maximum atomic E-state index is 13.1. The van der Waals surface area contributed by atoms with Gasteiger partial charge in [-0.15, -0.1) is 24.0 Å². The fraction of sp³-hybridized carbons (Fsp3) is 0.895. The van der Waals surface area contributed by atoms with Crippen LogP contribution in [0.2, 0.25) is 0 Å². The Kier molecular flexibility index (Phi) is 8.27. The number of aliphatic imine (C=N–C) groups is 1. The molecule has 0 radical (unpaired) electrons. The molecule has 3 aliphatic carbocycles. The summed E-state index contributed by atoms with van der Waals surface area (Å²) in [5.41, 5.74) is 0. The monoisotopic (exact) mass is 516 g/mol. The van der Waals surface area contributed by atoms with Gasteiger partial charge in [0.05, 0.1) is 5.92 Å². The molecule has 0 spiro atoms. The molecule has 5 unspecified atom stereocenters. The van der Waals surface area contributed by atoms with E-state index in [0.717, 1.165) is 12.3 Å². The number of nitrogens with zero attached hydrogens (tertiary/aromatic N) is 2. The number of likely N-dealkylation sites (N-methyl/N-ethyl adjacent to an activating group) is 1. The molecule has 0 aromatic heterocycles. The zero-order valence-corrected chi connectivity index (χ0v) is 18.9. The third-order valence-electron chi connectivity index (χ3n) is 6.41. The van der Waals surface area contributed by atoms with Crippen molar-refractivity contribution in [2.75, 3.05) is 20.6 Å². The third-order valence-corrected chi connectivity index (χ3v) is 6.41. The minimum Gasteiger partial charge on any atom is -0.354 e. The van der Waals surface area contributed by atoms with E-state index in [4.69, 9.17) is 0 Å². The number of guanidine groups is 1. The van der Waals surface area contributed by atoms with Crippen LogP contribution < -0.4 is 10.6 Å². The Hall–Kier alpha value is -0.740. The van der Waals surface area contributed by atoms with E-state index < -0.39 is 12.1 Å². The number of alkyl halides is 3. The average molecular weight is 516 g/mol. The highest BCUT2D eigenvalue weighted by Gasteiger charge is 2.43. The van der Waals surface area contributed by atoms with Gasteiger partial charge in [-0.25, -0.2) is 4.99 Å². The van der Waals surface area contributed by atoms with Gasteiger partial charge in [-0.1, -0.05) is 12.8 Å². The molecule has 3 saturated carbocycles. The molecule has 5 nitrogen and oxygen atoms in total. The van der Waals surface area contributed by atoms with Gasteiger partial charge in [0.25, 0.3) is 0 Å². The number of carbonyl (C=O) groups is 1. The predicted octanol–water partition coefficient (Wildman–Crippen LogP) is 3.54. The zero-order chi connectivity index (χ0) is 19.6. The molecule has 9 heteroatoms. The van der Waals surface area contributed by atoms with Gasteiger partial charge < -0.3 is 15.5 Å². The molecule has 2 N–H and O–H groups in total. The third kappa shape index (κ3) is 6.13. The summed E-state index contributed by atoms with van der Waals surface area (Å²) in [5.74, 6) is 0.481. The summed E-state index contributed by atoms with van der Waals surface area (Å²) >= 11 is 0. The Morgan fingerprint density at radius 2 is 1.82 bits per heavy atom. The summed E-state index contributed by atoms with van der Waals surface area (Å²) in [6, 6.07) is 0.0520. The second-order valence-electron chi connectivity index (χ2n) is 8.63. The maximum Gasteiger partial charge on any atom is 0.391 e. The Bertz CT molecular complexity index is 570. The molecule has 5 atom stereocenters. The van der Waals surface area contributed by atoms with Crippen LogP contribution in [0.4, 0.5) is 13.2 Å². The summed E-state index contributed by atoms with van der Waals surface area (Å²) in [5, 5.41) is 6.64. The number of rotatable bonds is 4. The van der Waals surface area contributed by atoms with Crippen molar-refractivity contribution in [3.63, 3.8) is 0 Å². The van der Waals surface area contributed by atoms with E-state index in [0.29, 0.717) is 30.8 Å². The number of hydrogen-bond acceptors (Lipinski definition) is 2. The highest BCUT2D eigenvalue weighted by molar-refractivity contribution is 14.0. The van der Waals surface area contributed by atoms with Crippen molar-refractivity contribution in [3.8, 4) is 0 Å². The SMILES string of the molecule is CN(C)C(=O)CN=C(NC1CCCC(C(F)(F)F)C1)NC1CC2CCC1C2.I. The minimum atomic E-state index is -4.14. The van der Waals surface area contributed by atoms with Gasteiger partial charge >= 0.3 is 6.18 Å². The average Bonchev–Trinajstić information content (AvgIpc) is 3.21. The second kappa shape index (κ2) is 9.84. The Labute approximate surface area is 182 Å². The molecule has 0 aromatic rings. The van der Waals surface area contributed by atoms with Crippen LogP contribution in [-0.4, -0.2) is 55.7 Å². The molecule has 3 aliphatic rings. The van der Waals surface area contributed by atoms with Gasteiger partial charge in [0.2, 0.25) is 5.91 Å². The first-order valence-corrected chi connectivity index (χ1v) is 10.1. The minimum absolute atomic E-state index is 0. The van der Waals surface area contributed by atoms with Crippen molar-refractivity contribution in [3.05, 3.63) is 0 Å². The summed E-state index contributed by atoms with van der Waals surface area (Å²) < 4.78 is 39.3. The number of nitrogens with one attached hydrogen (secondary N) is 2. The highest BCUT2D eigenvalue weighted by atomic mass is 127. The fourth-order valence-electron chi connectivity index (χ4n) is 4.83. The normalized spacial score (nSPS) is 32.6. The molecule has 162 valence electrons. The molecular weight excluding hydrogens is 484 g/mol. The second-order valence-corrected chi connectivity index (χ2v) is 8.63. The van der Waals surface area contributed by atoms with Gasteiger partial charge in [0.1, 0.15) is 6.54 Å². The van der Waals surface area contributed by atoms with E-state index in [1.165, 1.54) is 24.2 Å². The first-order chi connectivity index (χ1) is 12.7. The molecule has 0 aliphatic heterocycles. The van der Waals surface area contributed by atoms with Crippen LogP contribution in [0.3, 0.4) is 0 Å². The van der Waals surface area contributed by atoms with Gasteiger partial charge in [0, 0.05) is 26.2 Å². The van der Waals surface area contributed by atoms with Crippen LogP contribution >= 0.6 is 24.0 Å². The predicted molar refractivity (Wildman–Crippen MR) is 114 cm³/mol. The van der Waals surface area contributed by atoms with Crippen molar-refractivity contribution in [1.29, 1.82) is 0 Å². The smallest absolute Gasteiger partial charge is 0.354 e. The lowest BCUT2D eigenvalue weighted by atomic mass is 9.85. The van der Waals surface area contributed by atoms with Crippen molar-refractivity contribution in [2.45, 2.75) is 69.6 Å². The highest BCUT2D eigenvalue weighted by Crippen LogP contribution is 2.44. The Morgan fingerprint density at radius 1 is 1.07 bits per heavy atom. The van der Waals surface area contributed by atoms with Crippen molar-refractivity contribution < 1.29 is 18.0 Å². The Morgan fingerprint density at radius 3 is 2.39 bits per heavy atom. The van der Waals surface area contributed by atoms with Crippen LogP contribution in [0.25, 0.3) is 0 Å². The lowest BCUT2D eigenvalue weighted by Gasteiger charge is -2.33. The first kappa shape index (κ1) is 23.5. The van der Waals surface area contributed by atoms with Gasteiger partial charge in [-0.05, 0) is 50.4 Å². The lowest BCUT2D eigenvalue weighted by molar-refractivity contribution is -0.183. The van der Waals surface area contributed by atoms with Crippen LogP contribution in [0.5, 0.6) is 0 Å². The van der Waals surface area contributed by atoms with E-state index in [2.05, 4.69) is 15.6 Å². The van der Waals surface area contributed by atoms with E-state index in [-0.39, 0.29) is 55.3 Å². The van der Waals surface area contributed by atoms with E-state index in [1.54, 1.807) is 14.1 Å². The molecule has 3 rings (SSSR count). The van der Waals surface area contributed by atoms with E-state index in [9.17, 15) is 18.0 Å². The lowest BCUT2D eigenvalue weighted by Crippen LogP contribution is -2.51. The van der Waals surface area contributed by atoms with Crippen molar-refractivity contribution >= 4 is 35.8 Å². The number of fused-ring (bicyclic) bond motifs is 2. The number of carbonyl (C=O) groups excluding carboxylic acids is 1. The molecule has 0 saturated heterocycles. The molecule has 28 heavy (non-hydrogen) atoms. The Balaban J connectivity index is 0.00000280. The standard InChI is InChI=1S/C19H31F3N4O.HI/c1-26(2)17(27)11-23-18(25-16-9-12-6-7-13(16)8-12)24-15-5-3-4-14(10-15)19(20,21)22;/h12-16H,3-11H2,1-2H3,(H2,23,24,25);1H. The van der Waals surface area contributed by atoms with Crippen LogP contribution in [0.1, 0.15) is 51.4 Å².